The first-order valence-corrected chi connectivity index (χ1v) is 11.6. The second kappa shape index (κ2) is 9.58. The number of ether oxygens (including phenoxy) is 2. The summed E-state index contributed by atoms with van der Waals surface area (Å²) >= 11 is 3.40. The number of rotatable bonds is 6. The highest BCUT2D eigenvalue weighted by Gasteiger charge is 2.49. The third-order valence-corrected chi connectivity index (χ3v) is 7.16. The number of carboxylic acids is 1. The van der Waals surface area contributed by atoms with Gasteiger partial charge in [0.2, 0.25) is 0 Å². The largest absolute Gasteiger partial charge is 0.480 e. The van der Waals surface area contributed by atoms with Crippen LogP contribution in [0, 0.1) is 5.41 Å². The number of aliphatic carboxylic acids is 1. The van der Waals surface area contributed by atoms with Crippen LogP contribution in [0.4, 0.5) is 4.79 Å². The van der Waals surface area contributed by atoms with E-state index in [0.717, 1.165) is 35.0 Å². The van der Waals surface area contributed by atoms with Gasteiger partial charge in [-0.25, -0.2) is 9.59 Å². The van der Waals surface area contributed by atoms with E-state index in [1.165, 1.54) is 0 Å². The Morgan fingerprint density at radius 1 is 1.06 bits per heavy atom. The van der Waals surface area contributed by atoms with Gasteiger partial charge in [-0.05, 0) is 71.1 Å². The van der Waals surface area contributed by atoms with Crippen LogP contribution >= 0.6 is 15.9 Å². The molecule has 1 aliphatic carbocycles. The van der Waals surface area contributed by atoms with Gasteiger partial charge in [-0.15, -0.1) is 0 Å². The zero-order valence-corrected chi connectivity index (χ0v) is 19.4. The number of amides is 1. The first-order valence-electron chi connectivity index (χ1n) is 10.8. The number of pyridine rings is 1. The number of aromatic nitrogens is 1. The average molecular weight is 503 g/mol. The molecule has 0 atom stereocenters. The molecule has 1 spiro atoms. The van der Waals surface area contributed by atoms with Crippen LogP contribution in [-0.4, -0.2) is 46.7 Å². The van der Waals surface area contributed by atoms with Crippen molar-refractivity contribution in [1.82, 2.24) is 9.88 Å². The van der Waals surface area contributed by atoms with Gasteiger partial charge in [-0.2, -0.15) is 0 Å². The first kappa shape index (κ1) is 22.7. The van der Waals surface area contributed by atoms with Crippen LogP contribution in [0.5, 0.6) is 0 Å². The van der Waals surface area contributed by atoms with E-state index in [0.29, 0.717) is 25.9 Å². The van der Waals surface area contributed by atoms with Crippen LogP contribution in [0.1, 0.15) is 43.4 Å². The summed E-state index contributed by atoms with van der Waals surface area (Å²) in [5.74, 6) is -0.991. The van der Waals surface area contributed by atoms with Crippen molar-refractivity contribution in [3.8, 4) is 0 Å². The number of hydrogen-bond donors (Lipinski definition) is 1. The monoisotopic (exact) mass is 502 g/mol. The minimum absolute atomic E-state index is 0.0111. The van der Waals surface area contributed by atoms with Crippen LogP contribution < -0.4 is 0 Å². The molecule has 0 unspecified atom stereocenters. The predicted molar refractivity (Wildman–Crippen MR) is 121 cm³/mol. The van der Waals surface area contributed by atoms with E-state index in [4.69, 9.17) is 9.47 Å². The minimum Gasteiger partial charge on any atom is -0.480 e. The number of hydrogen-bond acceptors (Lipinski definition) is 5. The van der Waals surface area contributed by atoms with Gasteiger partial charge in [-0.1, -0.05) is 30.3 Å². The van der Waals surface area contributed by atoms with Crippen molar-refractivity contribution >= 4 is 28.0 Å². The molecule has 1 amide bonds. The van der Waals surface area contributed by atoms with Gasteiger partial charge < -0.3 is 19.5 Å². The molecule has 2 heterocycles. The fraction of sp³-hybridized carbons (Fsp3) is 0.458. The molecule has 32 heavy (non-hydrogen) atoms. The summed E-state index contributed by atoms with van der Waals surface area (Å²) in [7, 11) is 0. The Hall–Kier alpha value is -2.45. The lowest BCUT2D eigenvalue weighted by Crippen LogP contribution is -2.42. The molecular weight excluding hydrogens is 476 g/mol. The molecule has 4 rings (SSSR count). The number of halogens is 1. The summed E-state index contributed by atoms with van der Waals surface area (Å²) in [6.45, 7) is 1.24. The number of carbonyl (C=O) groups is 2. The van der Waals surface area contributed by atoms with E-state index in [9.17, 15) is 14.7 Å². The van der Waals surface area contributed by atoms with Crippen LogP contribution in [0.25, 0.3) is 0 Å². The summed E-state index contributed by atoms with van der Waals surface area (Å²) in [6.07, 6.45) is 5.37. The van der Waals surface area contributed by atoms with Crippen molar-refractivity contribution in [3.05, 3.63) is 64.4 Å². The van der Waals surface area contributed by atoms with Crippen LogP contribution in [0.3, 0.4) is 0 Å². The quantitative estimate of drug-likeness (QED) is 0.613. The maximum Gasteiger partial charge on any atom is 0.410 e. The Morgan fingerprint density at radius 2 is 1.81 bits per heavy atom. The van der Waals surface area contributed by atoms with E-state index in [1.807, 2.05) is 42.5 Å². The molecule has 0 radical (unpaired) electrons. The SMILES string of the molecule is O=C(O)COC1(c2ccc(Br)cn2)CCC2(CCN(C(=O)OCc3ccccc3)C2)CC1. The smallest absolute Gasteiger partial charge is 0.410 e. The first-order chi connectivity index (χ1) is 15.4. The number of benzene rings is 1. The molecule has 2 aliphatic rings. The van der Waals surface area contributed by atoms with Crippen molar-refractivity contribution in [1.29, 1.82) is 0 Å². The Kier molecular flexibility index (Phi) is 6.81. The van der Waals surface area contributed by atoms with Crippen molar-refractivity contribution < 1.29 is 24.2 Å². The fourth-order valence-corrected chi connectivity index (χ4v) is 5.05. The number of likely N-dealkylation sites (tertiary alicyclic amines) is 1. The number of carbonyl (C=O) groups excluding carboxylic acids is 1. The standard InChI is InChI=1S/C24H27BrN2O5/c25-19-6-7-20(26-14-19)24(32-16-21(28)29)10-8-23(9-11-24)12-13-27(17-23)22(30)31-15-18-4-2-1-3-5-18/h1-7,14H,8-13,15-17H2,(H,28,29). The van der Waals surface area contributed by atoms with E-state index in [1.54, 1.807) is 11.1 Å². The molecule has 2 aromatic rings. The van der Waals surface area contributed by atoms with Crippen LogP contribution in [0.15, 0.2) is 53.1 Å². The fourth-order valence-electron chi connectivity index (χ4n) is 4.81. The lowest BCUT2D eigenvalue weighted by atomic mass is 9.67. The highest BCUT2D eigenvalue weighted by Crippen LogP contribution is 2.51. The van der Waals surface area contributed by atoms with Gasteiger partial charge in [0.05, 0.1) is 5.69 Å². The van der Waals surface area contributed by atoms with Crippen LogP contribution in [0.2, 0.25) is 0 Å². The van der Waals surface area contributed by atoms with Gasteiger partial charge in [0.15, 0.2) is 0 Å². The van der Waals surface area contributed by atoms with E-state index < -0.39 is 11.6 Å². The highest BCUT2D eigenvalue weighted by atomic mass is 79.9. The Labute approximate surface area is 195 Å². The van der Waals surface area contributed by atoms with Gasteiger partial charge >= 0.3 is 12.1 Å². The van der Waals surface area contributed by atoms with Gasteiger partial charge in [-0.3, -0.25) is 4.98 Å². The van der Waals surface area contributed by atoms with Crippen molar-refractivity contribution in [2.45, 2.75) is 44.3 Å². The van der Waals surface area contributed by atoms with Gasteiger partial charge in [0, 0.05) is 23.8 Å². The summed E-state index contributed by atoms with van der Waals surface area (Å²) in [6, 6.07) is 13.5. The van der Waals surface area contributed by atoms with Crippen molar-refractivity contribution in [2.24, 2.45) is 5.41 Å². The normalized spacial score (nSPS) is 25.1. The third kappa shape index (κ3) is 5.13. The number of carboxylic acid groups (broad SMARTS) is 1. The van der Waals surface area contributed by atoms with Crippen molar-refractivity contribution in [3.63, 3.8) is 0 Å². The molecule has 1 aromatic heterocycles. The molecule has 1 aliphatic heterocycles. The molecule has 8 heteroatoms. The molecule has 1 N–H and O–H groups in total. The van der Waals surface area contributed by atoms with E-state index in [-0.39, 0.29) is 24.7 Å². The second-order valence-electron chi connectivity index (χ2n) is 8.75. The molecule has 7 nitrogen and oxygen atoms in total. The summed E-state index contributed by atoms with van der Waals surface area (Å²) in [5.41, 5.74) is 1.02. The summed E-state index contributed by atoms with van der Waals surface area (Å²) < 4.78 is 12.3. The molecule has 0 bridgehead atoms. The van der Waals surface area contributed by atoms with Gasteiger partial charge in [0.1, 0.15) is 18.8 Å². The Bertz CT molecular complexity index is 943. The maximum absolute atomic E-state index is 12.6. The van der Waals surface area contributed by atoms with Crippen LogP contribution in [-0.2, 0) is 26.5 Å². The molecule has 1 saturated heterocycles. The molecular formula is C24H27BrN2O5. The number of nitrogens with zero attached hydrogens (tertiary/aromatic N) is 2. The molecule has 2 fully saturated rings. The summed E-state index contributed by atoms with van der Waals surface area (Å²) in [4.78, 5) is 30.1. The highest BCUT2D eigenvalue weighted by molar-refractivity contribution is 9.10. The lowest BCUT2D eigenvalue weighted by Gasteiger charge is -2.44. The Balaban J connectivity index is 1.39. The van der Waals surface area contributed by atoms with Crippen molar-refractivity contribution in [2.75, 3.05) is 19.7 Å². The summed E-state index contributed by atoms with van der Waals surface area (Å²) in [5, 5.41) is 9.17. The lowest BCUT2D eigenvalue weighted by molar-refractivity contribution is -0.156. The molecule has 1 aromatic carbocycles. The maximum atomic E-state index is 12.6. The third-order valence-electron chi connectivity index (χ3n) is 6.69. The second-order valence-corrected chi connectivity index (χ2v) is 9.67. The average Bonchev–Trinajstić information content (AvgIpc) is 3.23. The molecule has 170 valence electrons. The predicted octanol–water partition coefficient (Wildman–Crippen LogP) is 4.74. The van der Waals surface area contributed by atoms with E-state index in [2.05, 4.69) is 20.9 Å². The zero-order chi connectivity index (χ0) is 22.6. The topological polar surface area (TPSA) is 89.0 Å². The van der Waals surface area contributed by atoms with E-state index >= 15 is 0 Å². The minimum atomic E-state index is -0.991. The Morgan fingerprint density at radius 3 is 2.47 bits per heavy atom. The molecule has 1 saturated carbocycles. The zero-order valence-electron chi connectivity index (χ0n) is 17.8. The van der Waals surface area contributed by atoms with Gasteiger partial charge in [0.25, 0.3) is 0 Å².